The topological polar surface area (TPSA) is 85.8 Å². The number of anilines is 1. The lowest BCUT2D eigenvalue weighted by Gasteiger charge is -2.07. The third-order valence-corrected chi connectivity index (χ3v) is 2.83. The molecule has 0 aliphatic rings. The fourth-order valence-corrected chi connectivity index (χ4v) is 1.84. The number of hydrogen-bond donors (Lipinski definition) is 2. The standard InChI is InChI=1S/C13H17N5O/c1-2-18-12(11(14)9-17-18)13(19)16-8-5-10-3-6-15-7-4-10/h3-4,6-7,9H,2,5,8,14H2,1H3,(H,16,19). The number of nitrogen functional groups attached to an aromatic ring is 1. The molecule has 6 heteroatoms. The van der Waals surface area contributed by atoms with E-state index in [4.69, 9.17) is 5.73 Å². The molecular weight excluding hydrogens is 242 g/mol. The van der Waals surface area contributed by atoms with Crippen molar-refractivity contribution in [3.63, 3.8) is 0 Å². The molecule has 0 radical (unpaired) electrons. The summed E-state index contributed by atoms with van der Waals surface area (Å²) in [7, 11) is 0. The van der Waals surface area contributed by atoms with Crippen LogP contribution in [0.1, 0.15) is 23.0 Å². The van der Waals surface area contributed by atoms with Crippen molar-refractivity contribution in [2.24, 2.45) is 0 Å². The monoisotopic (exact) mass is 259 g/mol. The van der Waals surface area contributed by atoms with E-state index in [-0.39, 0.29) is 5.91 Å². The molecule has 0 fully saturated rings. The summed E-state index contributed by atoms with van der Waals surface area (Å²) < 4.78 is 1.59. The van der Waals surface area contributed by atoms with Gasteiger partial charge in [-0.3, -0.25) is 14.5 Å². The van der Waals surface area contributed by atoms with Gasteiger partial charge in [-0.1, -0.05) is 0 Å². The van der Waals surface area contributed by atoms with E-state index in [1.165, 1.54) is 6.20 Å². The van der Waals surface area contributed by atoms with Gasteiger partial charge in [0.1, 0.15) is 5.69 Å². The summed E-state index contributed by atoms with van der Waals surface area (Å²) in [5, 5.41) is 6.89. The predicted octanol–water partition coefficient (Wildman–Crippen LogP) is 0.853. The van der Waals surface area contributed by atoms with Gasteiger partial charge in [0.25, 0.3) is 5.91 Å². The fraction of sp³-hybridized carbons (Fsp3) is 0.308. The van der Waals surface area contributed by atoms with Crippen molar-refractivity contribution in [3.05, 3.63) is 42.0 Å². The van der Waals surface area contributed by atoms with Crippen LogP contribution in [-0.4, -0.2) is 27.2 Å². The van der Waals surface area contributed by atoms with Crippen molar-refractivity contribution in [1.29, 1.82) is 0 Å². The summed E-state index contributed by atoms with van der Waals surface area (Å²) in [6.07, 6.45) is 5.73. The Bertz CT molecular complexity index is 549. The van der Waals surface area contributed by atoms with Crippen molar-refractivity contribution in [1.82, 2.24) is 20.1 Å². The van der Waals surface area contributed by atoms with Crippen LogP contribution in [0, 0.1) is 0 Å². The molecule has 0 aromatic carbocycles. The van der Waals surface area contributed by atoms with Gasteiger partial charge in [-0.2, -0.15) is 5.10 Å². The first kappa shape index (κ1) is 13.1. The van der Waals surface area contributed by atoms with E-state index < -0.39 is 0 Å². The van der Waals surface area contributed by atoms with Gasteiger partial charge in [0, 0.05) is 25.5 Å². The largest absolute Gasteiger partial charge is 0.396 e. The molecule has 3 N–H and O–H groups in total. The zero-order valence-electron chi connectivity index (χ0n) is 10.8. The normalized spacial score (nSPS) is 10.4. The van der Waals surface area contributed by atoms with Gasteiger partial charge >= 0.3 is 0 Å². The second kappa shape index (κ2) is 5.99. The van der Waals surface area contributed by atoms with E-state index in [0.29, 0.717) is 24.5 Å². The van der Waals surface area contributed by atoms with Crippen LogP contribution in [0.3, 0.4) is 0 Å². The first-order valence-corrected chi connectivity index (χ1v) is 6.20. The van der Waals surface area contributed by atoms with Crippen molar-refractivity contribution < 1.29 is 4.79 Å². The smallest absolute Gasteiger partial charge is 0.271 e. The van der Waals surface area contributed by atoms with Gasteiger partial charge in [0.05, 0.1) is 11.9 Å². The van der Waals surface area contributed by atoms with Crippen LogP contribution in [0.15, 0.2) is 30.7 Å². The van der Waals surface area contributed by atoms with Crippen LogP contribution in [0.5, 0.6) is 0 Å². The second-order valence-corrected chi connectivity index (χ2v) is 4.13. The Kier molecular flexibility index (Phi) is 4.12. The lowest BCUT2D eigenvalue weighted by atomic mass is 10.2. The Morgan fingerprint density at radius 3 is 2.84 bits per heavy atom. The van der Waals surface area contributed by atoms with E-state index in [2.05, 4.69) is 15.4 Å². The van der Waals surface area contributed by atoms with Crippen LogP contribution < -0.4 is 11.1 Å². The first-order valence-electron chi connectivity index (χ1n) is 6.20. The Balaban J connectivity index is 1.93. The van der Waals surface area contributed by atoms with E-state index in [1.807, 2.05) is 19.1 Å². The van der Waals surface area contributed by atoms with Gasteiger partial charge in [-0.05, 0) is 31.0 Å². The van der Waals surface area contributed by atoms with Crippen LogP contribution in [-0.2, 0) is 13.0 Å². The van der Waals surface area contributed by atoms with Gasteiger partial charge in [-0.15, -0.1) is 0 Å². The SMILES string of the molecule is CCn1ncc(N)c1C(=O)NCCc1ccncc1. The highest BCUT2D eigenvalue weighted by Gasteiger charge is 2.15. The molecule has 0 atom stereocenters. The number of nitrogens with one attached hydrogen (secondary N) is 1. The molecule has 0 bridgehead atoms. The molecular formula is C13H17N5O. The second-order valence-electron chi connectivity index (χ2n) is 4.13. The average molecular weight is 259 g/mol. The summed E-state index contributed by atoms with van der Waals surface area (Å²) in [6, 6.07) is 3.85. The predicted molar refractivity (Wildman–Crippen MR) is 72.6 cm³/mol. The fourth-order valence-electron chi connectivity index (χ4n) is 1.84. The number of carbonyl (C=O) groups is 1. The Morgan fingerprint density at radius 2 is 2.16 bits per heavy atom. The summed E-state index contributed by atoms with van der Waals surface area (Å²) in [5.74, 6) is -0.189. The van der Waals surface area contributed by atoms with Crippen LogP contribution in [0.25, 0.3) is 0 Å². The molecule has 0 saturated heterocycles. The number of aromatic nitrogens is 3. The number of nitrogens with zero attached hydrogens (tertiary/aromatic N) is 3. The maximum absolute atomic E-state index is 12.0. The quantitative estimate of drug-likeness (QED) is 0.833. The first-order chi connectivity index (χ1) is 9.22. The minimum atomic E-state index is -0.189. The number of hydrogen-bond acceptors (Lipinski definition) is 4. The number of aryl methyl sites for hydroxylation is 1. The zero-order chi connectivity index (χ0) is 13.7. The van der Waals surface area contributed by atoms with Crippen molar-refractivity contribution in [2.45, 2.75) is 19.9 Å². The minimum absolute atomic E-state index is 0.189. The van der Waals surface area contributed by atoms with Gasteiger partial charge in [0.2, 0.25) is 0 Å². The molecule has 0 saturated carbocycles. The number of nitrogens with two attached hydrogens (primary N) is 1. The minimum Gasteiger partial charge on any atom is -0.396 e. The molecule has 2 aromatic heterocycles. The number of pyridine rings is 1. The van der Waals surface area contributed by atoms with E-state index in [0.717, 1.165) is 12.0 Å². The lowest BCUT2D eigenvalue weighted by molar-refractivity contribution is 0.0944. The summed E-state index contributed by atoms with van der Waals surface area (Å²) in [6.45, 7) is 3.08. The van der Waals surface area contributed by atoms with Crippen molar-refractivity contribution >= 4 is 11.6 Å². The molecule has 1 amide bonds. The molecule has 0 spiro atoms. The molecule has 0 aliphatic heterocycles. The van der Waals surface area contributed by atoms with Gasteiger partial charge < -0.3 is 11.1 Å². The van der Waals surface area contributed by atoms with E-state index >= 15 is 0 Å². The lowest BCUT2D eigenvalue weighted by Crippen LogP contribution is -2.28. The summed E-state index contributed by atoms with van der Waals surface area (Å²) in [5.41, 5.74) is 7.71. The third kappa shape index (κ3) is 3.09. The van der Waals surface area contributed by atoms with E-state index in [9.17, 15) is 4.79 Å². The highest BCUT2D eigenvalue weighted by atomic mass is 16.2. The zero-order valence-corrected chi connectivity index (χ0v) is 10.8. The maximum Gasteiger partial charge on any atom is 0.271 e. The third-order valence-electron chi connectivity index (χ3n) is 2.83. The van der Waals surface area contributed by atoms with Crippen molar-refractivity contribution in [3.8, 4) is 0 Å². The number of carbonyl (C=O) groups excluding carboxylic acids is 1. The molecule has 2 aromatic rings. The Morgan fingerprint density at radius 1 is 1.42 bits per heavy atom. The van der Waals surface area contributed by atoms with Crippen LogP contribution >= 0.6 is 0 Å². The average Bonchev–Trinajstić information content (AvgIpc) is 2.81. The molecule has 6 nitrogen and oxygen atoms in total. The van der Waals surface area contributed by atoms with Gasteiger partial charge in [0.15, 0.2) is 0 Å². The highest BCUT2D eigenvalue weighted by Crippen LogP contribution is 2.10. The van der Waals surface area contributed by atoms with E-state index in [1.54, 1.807) is 17.1 Å². The van der Waals surface area contributed by atoms with Crippen LogP contribution in [0.2, 0.25) is 0 Å². The Hall–Kier alpha value is -2.37. The highest BCUT2D eigenvalue weighted by molar-refractivity contribution is 5.97. The number of amides is 1. The summed E-state index contributed by atoms with van der Waals surface area (Å²) in [4.78, 5) is 16.0. The molecule has 0 unspecified atom stereocenters. The molecule has 2 rings (SSSR count). The summed E-state index contributed by atoms with van der Waals surface area (Å²) >= 11 is 0. The Labute approximate surface area is 111 Å². The van der Waals surface area contributed by atoms with Crippen molar-refractivity contribution in [2.75, 3.05) is 12.3 Å². The maximum atomic E-state index is 12.0. The van der Waals surface area contributed by atoms with Crippen LogP contribution in [0.4, 0.5) is 5.69 Å². The molecule has 19 heavy (non-hydrogen) atoms. The number of rotatable bonds is 5. The molecule has 2 heterocycles. The molecule has 100 valence electrons. The van der Waals surface area contributed by atoms with Gasteiger partial charge in [-0.25, -0.2) is 0 Å². The molecule has 0 aliphatic carbocycles.